The van der Waals surface area contributed by atoms with Crippen LogP contribution in [0.3, 0.4) is 0 Å². The SMILES string of the molecule is CC[N+]1=CC(CN2CCN(/C3=C(\OCCC4CCCCC4)C(=O)N(c4ccccc4)C(C)CCC3)C2)=C1. The van der Waals surface area contributed by atoms with E-state index in [1.165, 1.54) is 37.7 Å². The van der Waals surface area contributed by atoms with Gasteiger partial charge in [-0.2, -0.15) is 0 Å². The third kappa shape index (κ3) is 6.28. The number of hydrogen-bond donors (Lipinski definition) is 0. The van der Waals surface area contributed by atoms with Crippen molar-refractivity contribution in [2.75, 3.05) is 44.4 Å². The summed E-state index contributed by atoms with van der Waals surface area (Å²) in [6, 6.07) is 10.3. The number of hydrogen-bond acceptors (Lipinski definition) is 4. The summed E-state index contributed by atoms with van der Waals surface area (Å²) in [7, 11) is 0. The molecule has 4 aliphatic rings. The molecule has 1 aliphatic carbocycles. The van der Waals surface area contributed by atoms with Gasteiger partial charge in [-0.25, -0.2) is 4.58 Å². The van der Waals surface area contributed by atoms with Gasteiger partial charge >= 0.3 is 0 Å². The molecule has 1 amide bonds. The van der Waals surface area contributed by atoms with Gasteiger partial charge in [-0.1, -0.05) is 50.3 Å². The first-order chi connectivity index (χ1) is 18.1. The zero-order chi connectivity index (χ0) is 25.6. The van der Waals surface area contributed by atoms with E-state index in [4.69, 9.17) is 4.74 Å². The summed E-state index contributed by atoms with van der Waals surface area (Å²) in [6.45, 7) is 9.81. The van der Waals surface area contributed by atoms with E-state index in [0.29, 0.717) is 12.4 Å². The van der Waals surface area contributed by atoms with Gasteiger partial charge in [-0.05, 0) is 57.6 Å². The molecule has 5 rings (SSSR count). The third-order valence-electron chi connectivity index (χ3n) is 8.56. The zero-order valence-electron chi connectivity index (χ0n) is 22.9. The van der Waals surface area contributed by atoms with E-state index in [0.717, 1.165) is 75.8 Å². The van der Waals surface area contributed by atoms with E-state index < -0.39 is 0 Å². The van der Waals surface area contributed by atoms with E-state index in [1.807, 2.05) is 23.1 Å². The molecule has 37 heavy (non-hydrogen) atoms. The summed E-state index contributed by atoms with van der Waals surface area (Å²) in [4.78, 5) is 21.1. The number of carbonyl (C=O) groups is 1. The molecule has 1 unspecified atom stereocenters. The second-order valence-electron chi connectivity index (χ2n) is 11.3. The Kier molecular flexibility index (Phi) is 8.65. The summed E-state index contributed by atoms with van der Waals surface area (Å²) in [5.74, 6) is 1.37. The molecule has 3 aliphatic heterocycles. The minimum Gasteiger partial charge on any atom is -0.487 e. The predicted octanol–water partition coefficient (Wildman–Crippen LogP) is 5.37. The molecule has 0 spiro atoms. The first-order valence-corrected chi connectivity index (χ1v) is 14.7. The standard InChI is InChI=1S/C31H45N4O2/c1-3-32-21-27(22-32)23-33-18-19-34(24-33)29-16-10-11-25(2)35(28-14-8-5-9-15-28)31(36)30(29)37-20-17-26-12-6-4-7-13-26/h5,8-9,14-15,21-22,25-26H,3-4,6-7,10-13,16-20,23-24H2,1-2H3/q+1/b30-29-. The summed E-state index contributed by atoms with van der Waals surface area (Å²) in [5, 5.41) is 0. The minimum absolute atomic E-state index is 0.0316. The fraction of sp³-hybridized carbons (Fsp3) is 0.613. The molecule has 1 atom stereocenters. The minimum atomic E-state index is 0.0316. The largest absolute Gasteiger partial charge is 0.487 e. The fourth-order valence-corrected chi connectivity index (χ4v) is 6.38. The molecule has 3 heterocycles. The van der Waals surface area contributed by atoms with Crippen molar-refractivity contribution in [3.63, 3.8) is 0 Å². The third-order valence-corrected chi connectivity index (χ3v) is 8.56. The Balaban J connectivity index is 1.36. The highest BCUT2D eigenvalue weighted by Crippen LogP contribution is 2.32. The molecular weight excluding hydrogens is 460 g/mol. The molecule has 1 aromatic carbocycles. The van der Waals surface area contributed by atoms with Gasteiger partial charge in [0.15, 0.2) is 12.4 Å². The lowest BCUT2D eigenvalue weighted by atomic mass is 9.87. The van der Waals surface area contributed by atoms with Gasteiger partial charge in [-0.3, -0.25) is 9.69 Å². The molecular formula is C31H45N4O2+. The van der Waals surface area contributed by atoms with Crippen LogP contribution in [0.2, 0.25) is 0 Å². The first-order valence-electron chi connectivity index (χ1n) is 14.7. The Morgan fingerprint density at radius 1 is 1.03 bits per heavy atom. The molecule has 6 heteroatoms. The normalized spacial score (nSPS) is 25.9. The Bertz CT molecular complexity index is 1020. The van der Waals surface area contributed by atoms with Crippen LogP contribution in [0.5, 0.6) is 0 Å². The van der Waals surface area contributed by atoms with Crippen LogP contribution in [-0.4, -0.2) is 72.0 Å². The number of amides is 1. The summed E-state index contributed by atoms with van der Waals surface area (Å²) < 4.78 is 8.77. The van der Waals surface area contributed by atoms with Gasteiger partial charge in [0, 0.05) is 31.4 Å². The number of ether oxygens (including phenoxy) is 1. The van der Waals surface area contributed by atoms with Gasteiger partial charge in [0.05, 0.1) is 24.5 Å². The second-order valence-corrected chi connectivity index (χ2v) is 11.3. The van der Waals surface area contributed by atoms with E-state index in [2.05, 4.69) is 52.8 Å². The van der Waals surface area contributed by atoms with E-state index >= 15 is 0 Å². The Labute approximate surface area is 223 Å². The number of benzene rings is 1. The van der Waals surface area contributed by atoms with Crippen molar-refractivity contribution >= 4 is 17.8 Å². The van der Waals surface area contributed by atoms with Gasteiger partial charge < -0.3 is 14.5 Å². The quantitative estimate of drug-likeness (QED) is 0.423. The van der Waals surface area contributed by atoms with Crippen molar-refractivity contribution in [1.29, 1.82) is 0 Å². The van der Waals surface area contributed by atoms with Crippen molar-refractivity contribution in [1.82, 2.24) is 9.80 Å². The molecule has 0 N–H and O–H groups in total. The monoisotopic (exact) mass is 505 g/mol. The highest BCUT2D eigenvalue weighted by molar-refractivity contribution is 6.05. The van der Waals surface area contributed by atoms with Crippen LogP contribution in [0.25, 0.3) is 0 Å². The Hall–Kier alpha value is -2.60. The molecule has 200 valence electrons. The fourth-order valence-electron chi connectivity index (χ4n) is 6.38. The van der Waals surface area contributed by atoms with E-state index in [9.17, 15) is 4.79 Å². The maximum atomic E-state index is 14.2. The summed E-state index contributed by atoms with van der Waals surface area (Å²) in [6.07, 6.45) is 15.2. The van der Waals surface area contributed by atoms with Crippen molar-refractivity contribution < 1.29 is 14.1 Å². The van der Waals surface area contributed by atoms with Crippen LogP contribution in [0, 0.1) is 5.92 Å². The molecule has 0 bridgehead atoms. The van der Waals surface area contributed by atoms with E-state index in [-0.39, 0.29) is 11.9 Å². The topological polar surface area (TPSA) is 39.0 Å². The van der Waals surface area contributed by atoms with Crippen molar-refractivity contribution in [2.24, 2.45) is 5.92 Å². The molecule has 1 saturated heterocycles. The average molecular weight is 506 g/mol. The number of rotatable bonds is 9. The lowest BCUT2D eigenvalue weighted by Crippen LogP contribution is -2.43. The molecule has 1 saturated carbocycles. The zero-order valence-corrected chi connectivity index (χ0v) is 22.9. The van der Waals surface area contributed by atoms with Crippen molar-refractivity contribution in [2.45, 2.75) is 77.7 Å². The summed E-state index contributed by atoms with van der Waals surface area (Å²) >= 11 is 0. The molecule has 0 radical (unpaired) electrons. The van der Waals surface area contributed by atoms with E-state index in [1.54, 1.807) is 0 Å². The van der Waals surface area contributed by atoms with Crippen molar-refractivity contribution in [3.8, 4) is 0 Å². The van der Waals surface area contributed by atoms with Crippen LogP contribution < -0.4 is 4.90 Å². The van der Waals surface area contributed by atoms with Gasteiger partial charge in [0.1, 0.15) is 6.54 Å². The Morgan fingerprint density at radius 3 is 2.57 bits per heavy atom. The molecule has 6 nitrogen and oxygen atoms in total. The van der Waals surface area contributed by atoms with Gasteiger partial charge in [-0.15, -0.1) is 0 Å². The lowest BCUT2D eigenvalue weighted by molar-refractivity contribution is -0.459. The maximum absolute atomic E-state index is 14.2. The van der Waals surface area contributed by atoms with Crippen LogP contribution in [0.1, 0.15) is 71.6 Å². The van der Waals surface area contributed by atoms with Gasteiger partial charge in [0.25, 0.3) is 5.91 Å². The number of anilines is 1. The number of allylic oxidation sites excluding steroid dienone is 1. The lowest BCUT2D eigenvalue weighted by Gasteiger charge is -2.35. The van der Waals surface area contributed by atoms with Crippen LogP contribution in [0.15, 0.2) is 53.6 Å². The average Bonchev–Trinajstić information content (AvgIpc) is 3.36. The maximum Gasteiger partial charge on any atom is 0.295 e. The van der Waals surface area contributed by atoms with Crippen LogP contribution >= 0.6 is 0 Å². The summed E-state index contributed by atoms with van der Waals surface area (Å²) in [5.41, 5.74) is 3.47. The van der Waals surface area contributed by atoms with Crippen molar-refractivity contribution in [3.05, 3.63) is 53.6 Å². The smallest absolute Gasteiger partial charge is 0.295 e. The highest BCUT2D eigenvalue weighted by Gasteiger charge is 2.35. The number of carbonyl (C=O) groups excluding carboxylic acids is 1. The molecule has 0 aromatic heterocycles. The van der Waals surface area contributed by atoms with Gasteiger partial charge in [0.2, 0.25) is 5.76 Å². The number of para-hydroxylation sites is 1. The van der Waals surface area contributed by atoms with Crippen LogP contribution in [-0.2, 0) is 9.53 Å². The highest BCUT2D eigenvalue weighted by atomic mass is 16.5. The second kappa shape index (κ2) is 12.3. The number of nitrogens with zero attached hydrogens (tertiary/aromatic N) is 4. The Morgan fingerprint density at radius 2 is 1.81 bits per heavy atom. The molecule has 1 aromatic rings. The first kappa shape index (κ1) is 26.0. The van der Waals surface area contributed by atoms with Crippen LogP contribution in [0.4, 0.5) is 5.69 Å². The predicted molar refractivity (Wildman–Crippen MR) is 150 cm³/mol. The molecule has 2 fully saturated rings.